The third-order valence-corrected chi connectivity index (χ3v) is 4.89. The summed E-state index contributed by atoms with van der Waals surface area (Å²) in [4.78, 5) is 0. The van der Waals surface area contributed by atoms with Crippen molar-refractivity contribution in [2.24, 2.45) is 5.73 Å². The third kappa shape index (κ3) is 4.86. The highest BCUT2D eigenvalue weighted by molar-refractivity contribution is 7.89. The van der Waals surface area contributed by atoms with Gasteiger partial charge in [-0.3, -0.25) is 0 Å². The Labute approximate surface area is 120 Å². The van der Waals surface area contributed by atoms with Crippen LogP contribution in [0, 0.1) is 0 Å². The van der Waals surface area contributed by atoms with Crippen LogP contribution in [0.25, 0.3) is 0 Å². The van der Waals surface area contributed by atoms with Gasteiger partial charge in [0, 0.05) is 19.2 Å². The minimum absolute atomic E-state index is 0.0261. The molecule has 20 heavy (non-hydrogen) atoms. The van der Waals surface area contributed by atoms with Crippen LogP contribution in [-0.4, -0.2) is 39.5 Å². The minimum atomic E-state index is -3.35. The maximum absolute atomic E-state index is 12.1. The first-order chi connectivity index (χ1) is 9.59. The number of hydrogen-bond acceptors (Lipinski definition) is 4. The molecule has 1 fully saturated rings. The quantitative estimate of drug-likeness (QED) is 0.774. The van der Waals surface area contributed by atoms with E-state index in [9.17, 15) is 8.42 Å². The average molecular weight is 298 g/mol. The van der Waals surface area contributed by atoms with E-state index in [0.29, 0.717) is 13.0 Å². The lowest BCUT2D eigenvalue weighted by Crippen LogP contribution is -2.44. The topological polar surface area (TPSA) is 81.4 Å². The van der Waals surface area contributed by atoms with Gasteiger partial charge >= 0.3 is 0 Å². The van der Waals surface area contributed by atoms with E-state index in [1.54, 1.807) is 0 Å². The lowest BCUT2D eigenvalue weighted by Gasteiger charge is -2.18. The van der Waals surface area contributed by atoms with Gasteiger partial charge in [-0.05, 0) is 24.8 Å². The van der Waals surface area contributed by atoms with E-state index < -0.39 is 10.0 Å². The summed E-state index contributed by atoms with van der Waals surface area (Å²) in [5.41, 5.74) is 6.75. The Morgan fingerprint density at radius 2 is 2.10 bits per heavy atom. The predicted octanol–water partition coefficient (Wildman–Crippen LogP) is 0.655. The van der Waals surface area contributed by atoms with Gasteiger partial charge in [-0.25, -0.2) is 13.1 Å². The van der Waals surface area contributed by atoms with Crippen molar-refractivity contribution in [3.63, 3.8) is 0 Å². The fraction of sp³-hybridized carbons (Fsp3) is 0.571. The molecule has 2 atom stereocenters. The third-order valence-electron chi connectivity index (χ3n) is 3.38. The predicted molar refractivity (Wildman–Crippen MR) is 78.9 cm³/mol. The van der Waals surface area contributed by atoms with Gasteiger partial charge < -0.3 is 10.5 Å². The summed E-state index contributed by atoms with van der Waals surface area (Å²) < 4.78 is 32.3. The van der Waals surface area contributed by atoms with Crippen molar-refractivity contribution in [2.45, 2.75) is 31.4 Å². The van der Waals surface area contributed by atoms with Crippen LogP contribution in [0.3, 0.4) is 0 Å². The van der Waals surface area contributed by atoms with Crippen molar-refractivity contribution in [1.29, 1.82) is 0 Å². The van der Waals surface area contributed by atoms with Crippen LogP contribution in [0.15, 0.2) is 30.3 Å². The maximum Gasteiger partial charge on any atom is 0.214 e. The lowest BCUT2D eigenvalue weighted by atomic mass is 10.1. The van der Waals surface area contributed by atoms with E-state index in [1.807, 2.05) is 30.3 Å². The second-order valence-corrected chi connectivity index (χ2v) is 6.96. The number of rotatable bonds is 7. The zero-order valence-corrected chi connectivity index (χ0v) is 12.3. The van der Waals surface area contributed by atoms with Crippen LogP contribution in [-0.2, 0) is 21.2 Å². The highest BCUT2D eigenvalue weighted by Gasteiger charge is 2.25. The van der Waals surface area contributed by atoms with Gasteiger partial charge in [0.2, 0.25) is 10.0 Å². The summed E-state index contributed by atoms with van der Waals surface area (Å²) in [6, 6.07) is 9.47. The molecule has 1 aliphatic heterocycles. The Bertz CT molecular complexity index is 498. The standard InChI is InChI=1S/C14H22N2O3S/c15-10-13(9-12-5-2-1-3-6-12)16-20(17,18)11-14-7-4-8-19-14/h1-3,5-6,13-14,16H,4,7-11,15H2. The smallest absolute Gasteiger partial charge is 0.214 e. The summed E-state index contributed by atoms with van der Waals surface area (Å²) in [6.07, 6.45) is 2.17. The van der Waals surface area contributed by atoms with Gasteiger partial charge in [-0.2, -0.15) is 0 Å². The average Bonchev–Trinajstić information content (AvgIpc) is 2.91. The zero-order chi connectivity index (χ0) is 14.4. The maximum atomic E-state index is 12.1. The Morgan fingerprint density at radius 3 is 2.70 bits per heavy atom. The Kier molecular flexibility index (Phi) is 5.54. The minimum Gasteiger partial charge on any atom is -0.377 e. The Balaban J connectivity index is 1.91. The molecule has 2 unspecified atom stereocenters. The summed E-state index contributed by atoms with van der Waals surface area (Å²) in [5.74, 6) is 0.0261. The Hall–Kier alpha value is -0.950. The molecule has 1 saturated heterocycles. The van der Waals surface area contributed by atoms with Crippen LogP contribution in [0.5, 0.6) is 0 Å². The van der Waals surface area contributed by atoms with Gasteiger partial charge in [0.25, 0.3) is 0 Å². The molecule has 1 aromatic carbocycles. The van der Waals surface area contributed by atoms with Crippen molar-refractivity contribution in [3.05, 3.63) is 35.9 Å². The summed E-state index contributed by atoms with van der Waals surface area (Å²) >= 11 is 0. The first-order valence-electron chi connectivity index (χ1n) is 6.94. The zero-order valence-electron chi connectivity index (χ0n) is 11.5. The van der Waals surface area contributed by atoms with Gasteiger partial charge in [0.1, 0.15) is 0 Å². The highest BCUT2D eigenvalue weighted by atomic mass is 32.2. The van der Waals surface area contributed by atoms with Gasteiger partial charge in [0.15, 0.2) is 0 Å². The second kappa shape index (κ2) is 7.17. The molecule has 0 aromatic heterocycles. The first kappa shape index (κ1) is 15.4. The van der Waals surface area contributed by atoms with Crippen molar-refractivity contribution in [3.8, 4) is 0 Å². The van der Waals surface area contributed by atoms with E-state index >= 15 is 0 Å². The normalized spacial score (nSPS) is 20.9. The molecule has 112 valence electrons. The van der Waals surface area contributed by atoms with Gasteiger partial charge in [0.05, 0.1) is 11.9 Å². The van der Waals surface area contributed by atoms with Gasteiger partial charge in [-0.1, -0.05) is 30.3 Å². The fourth-order valence-corrected chi connectivity index (χ4v) is 3.93. The monoisotopic (exact) mass is 298 g/mol. The van der Waals surface area contributed by atoms with Crippen LogP contribution >= 0.6 is 0 Å². The number of sulfonamides is 1. The molecule has 1 aliphatic rings. The summed E-state index contributed by atoms with van der Waals surface area (Å²) in [5, 5.41) is 0. The molecule has 1 heterocycles. The fourth-order valence-electron chi connectivity index (χ4n) is 2.39. The van der Waals surface area contributed by atoms with Crippen molar-refractivity contribution < 1.29 is 13.2 Å². The van der Waals surface area contributed by atoms with Crippen molar-refractivity contribution >= 4 is 10.0 Å². The molecule has 2 rings (SSSR count). The number of benzene rings is 1. The van der Waals surface area contributed by atoms with Crippen LogP contribution in [0.2, 0.25) is 0 Å². The van der Waals surface area contributed by atoms with Crippen LogP contribution < -0.4 is 10.5 Å². The molecular formula is C14H22N2O3S. The van der Waals surface area contributed by atoms with E-state index in [4.69, 9.17) is 10.5 Å². The van der Waals surface area contributed by atoms with Crippen LogP contribution in [0.4, 0.5) is 0 Å². The Morgan fingerprint density at radius 1 is 1.35 bits per heavy atom. The van der Waals surface area contributed by atoms with Crippen molar-refractivity contribution in [2.75, 3.05) is 18.9 Å². The molecule has 3 N–H and O–H groups in total. The molecule has 1 aromatic rings. The van der Waals surface area contributed by atoms with E-state index in [-0.39, 0.29) is 24.4 Å². The molecular weight excluding hydrogens is 276 g/mol. The summed E-state index contributed by atoms with van der Waals surface area (Å²) in [6.45, 7) is 0.935. The first-order valence-corrected chi connectivity index (χ1v) is 8.60. The molecule has 0 spiro atoms. The molecule has 0 amide bonds. The molecule has 0 saturated carbocycles. The largest absolute Gasteiger partial charge is 0.377 e. The number of nitrogens with one attached hydrogen (secondary N) is 1. The molecule has 5 nitrogen and oxygen atoms in total. The molecule has 0 bridgehead atoms. The van der Waals surface area contributed by atoms with Crippen molar-refractivity contribution in [1.82, 2.24) is 4.72 Å². The second-order valence-electron chi connectivity index (χ2n) is 5.16. The SMILES string of the molecule is NCC(Cc1ccccc1)NS(=O)(=O)CC1CCCO1. The molecule has 0 radical (unpaired) electrons. The molecule has 0 aliphatic carbocycles. The van der Waals surface area contributed by atoms with E-state index in [2.05, 4.69) is 4.72 Å². The lowest BCUT2D eigenvalue weighted by molar-refractivity contribution is 0.127. The number of hydrogen-bond donors (Lipinski definition) is 2. The van der Waals surface area contributed by atoms with Gasteiger partial charge in [-0.15, -0.1) is 0 Å². The number of nitrogens with two attached hydrogens (primary N) is 1. The van der Waals surface area contributed by atoms with E-state index in [1.165, 1.54) is 0 Å². The van der Waals surface area contributed by atoms with E-state index in [0.717, 1.165) is 18.4 Å². The highest BCUT2D eigenvalue weighted by Crippen LogP contribution is 2.14. The number of ether oxygens (including phenoxy) is 1. The molecule has 6 heteroatoms. The van der Waals surface area contributed by atoms with Crippen LogP contribution in [0.1, 0.15) is 18.4 Å². The summed E-state index contributed by atoms with van der Waals surface area (Å²) in [7, 11) is -3.35.